The van der Waals surface area contributed by atoms with Crippen LogP contribution in [0, 0.1) is 17.8 Å². The number of hydrogen-bond donors (Lipinski definition) is 2. The maximum absolute atomic E-state index is 12.9. The van der Waals surface area contributed by atoms with Crippen LogP contribution < -0.4 is 5.73 Å². The summed E-state index contributed by atoms with van der Waals surface area (Å²) in [7, 11) is -3.95. The first-order valence-corrected chi connectivity index (χ1v) is 11.4. The zero-order valence-electron chi connectivity index (χ0n) is 17.1. The Morgan fingerprint density at radius 2 is 2.00 bits per heavy atom. The molecule has 0 radical (unpaired) electrons. The number of fused-ring (bicyclic) bond motifs is 1. The van der Waals surface area contributed by atoms with Crippen molar-refractivity contribution in [3.05, 3.63) is 12.7 Å². The summed E-state index contributed by atoms with van der Waals surface area (Å²) in [5, 5.41) is 0. The van der Waals surface area contributed by atoms with Crippen molar-refractivity contribution in [2.24, 2.45) is 17.8 Å². The van der Waals surface area contributed by atoms with E-state index in [-0.39, 0.29) is 17.8 Å². The van der Waals surface area contributed by atoms with Crippen LogP contribution in [0.5, 0.6) is 0 Å². The van der Waals surface area contributed by atoms with Crippen LogP contribution in [0.15, 0.2) is 12.7 Å². The van der Waals surface area contributed by atoms with Crippen molar-refractivity contribution in [1.82, 2.24) is 19.5 Å². The van der Waals surface area contributed by atoms with Crippen LogP contribution in [0.4, 0.5) is 5.82 Å². The highest BCUT2D eigenvalue weighted by Crippen LogP contribution is 2.58. The molecule has 0 bridgehead atoms. The van der Waals surface area contributed by atoms with Gasteiger partial charge in [-0.2, -0.15) is 0 Å². The van der Waals surface area contributed by atoms with Gasteiger partial charge < -0.3 is 15.2 Å². The Kier molecular flexibility index (Phi) is 5.83. The fourth-order valence-corrected chi connectivity index (χ4v) is 6.06. The van der Waals surface area contributed by atoms with Crippen molar-refractivity contribution in [3.63, 3.8) is 0 Å². The van der Waals surface area contributed by atoms with E-state index in [0.29, 0.717) is 23.5 Å². The molecule has 0 amide bonds. The first-order valence-electron chi connectivity index (χ1n) is 9.72. The van der Waals surface area contributed by atoms with E-state index in [1.165, 1.54) is 6.33 Å². The molecule has 2 heterocycles. The quantitative estimate of drug-likeness (QED) is 0.365. The van der Waals surface area contributed by atoms with E-state index < -0.39 is 18.9 Å². The maximum atomic E-state index is 12.9. The summed E-state index contributed by atoms with van der Waals surface area (Å²) in [6.07, 6.45) is 4.63. The molecule has 1 unspecified atom stereocenters. The Hall–Kier alpha value is -1.54. The molecule has 3 rings (SSSR count). The second-order valence-corrected chi connectivity index (χ2v) is 10.3. The van der Waals surface area contributed by atoms with E-state index in [0.717, 1.165) is 12.8 Å². The lowest BCUT2D eigenvalue weighted by Crippen LogP contribution is -2.28. The Balaban J connectivity index is 1.80. The second kappa shape index (κ2) is 7.71. The fraction of sp³-hybridized carbons (Fsp3) is 0.722. The lowest BCUT2D eigenvalue weighted by atomic mass is 10.00. The lowest BCUT2D eigenvalue weighted by Gasteiger charge is -2.29. The maximum Gasteiger partial charge on any atom is 0.359 e. The van der Waals surface area contributed by atoms with Crippen molar-refractivity contribution in [3.8, 4) is 0 Å². The van der Waals surface area contributed by atoms with Gasteiger partial charge in [-0.05, 0) is 24.2 Å². The molecule has 2 aromatic heterocycles. The largest absolute Gasteiger partial charge is 0.382 e. The van der Waals surface area contributed by atoms with E-state index in [1.54, 1.807) is 6.33 Å². The minimum atomic E-state index is -3.95. The predicted octanol–water partition coefficient (Wildman–Crippen LogP) is 3.39. The summed E-state index contributed by atoms with van der Waals surface area (Å²) < 4.78 is 20.0. The Morgan fingerprint density at radius 1 is 1.32 bits per heavy atom. The monoisotopic (exact) mass is 411 g/mol. The highest BCUT2D eigenvalue weighted by Gasteiger charge is 2.57. The van der Waals surface area contributed by atoms with Gasteiger partial charge in [-0.1, -0.05) is 41.0 Å². The van der Waals surface area contributed by atoms with Gasteiger partial charge >= 0.3 is 7.60 Å². The second-order valence-electron chi connectivity index (χ2n) is 8.38. The van der Waals surface area contributed by atoms with Crippen LogP contribution in [0.25, 0.3) is 11.2 Å². The van der Waals surface area contributed by atoms with Gasteiger partial charge in [-0.15, -0.1) is 4.67 Å². The van der Waals surface area contributed by atoms with Gasteiger partial charge in [0.1, 0.15) is 17.4 Å². The third-order valence-corrected chi connectivity index (χ3v) is 7.82. The molecule has 156 valence electrons. The van der Waals surface area contributed by atoms with Crippen molar-refractivity contribution in [2.75, 3.05) is 5.73 Å². The molecular weight excluding hydrogens is 381 g/mol. The average Bonchev–Trinajstić information content (AvgIpc) is 3.14. The van der Waals surface area contributed by atoms with Gasteiger partial charge in [0.2, 0.25) is 0 Å². The van der Waals surface area contributed by atoms with Crippen LogP contribution in [0.1, 0.15) is 47.5 Å². The van der Waals surface area contributed by atoms with Crippen LogP contribution in [0.3, 0.4) is 0 Å². The third kappa shape index (κ3) is 3.94. The zero-order valence-corrected chi connectivity index (χ0v) is 18.0. The Labute approximate surface area is 165 Å². The number of nitrogens with zero attached hydrogens (tertiary/aromatic N) is 4. The molecule has 0 aromatic carbocycles. The molecule has 1 fully saturated rings. The number of anilines is 1. The van der Waals surface area contributed by atoms with Gasteiger partial charge in [-0.25, -0.2) is 19.8 Å². The molecule has 3 atom stereocenters. The van der Waals surface area contributed by atoms with E-state index in [2.05, 4.69) is 21.9 Å². The van der Waals surface area contributed by atoms with Crippen LogP contribution >= 0.6 is 7.60 Å². The molecule has 0 aliphatic heterocycles. The summed E-state index contributed by atoms with van der Waals surface area (Å²) in [6.45, 7) is 10.1. The van der Waals surface area contributed by atoms with Crippen molar-refractivity contribution in [1.29, 1.82) is 0 Å². The molecule has 0 spiro atoms. The summed E-state index contributed by atoms with van der Waals surface area (Å²) in [4.78, 5) is 28.7. The van der Waals surface area contributed by atoms with Gasteiger partial charge in [0.15, 0.2) is 11.5 Å². The minimum absolute atomic E-state index is 0.00572. The molecular formula is C18H30N5O4P. The number of nitrogens with two attached hydrogens (primary N) is 1. The molecule has 1 aliphatic carbocycles. The fourth-order valence-electron chi connectivity index (χ4n) is 4.20. The smallest absolute Gasteiger partial charge is 0.359 e. The molecule has 28 heavy (non-hydrogen) atoms. The summed E-state index contributed by atoms with van der Waals surface area (Å²) in [5.74, 6) is 0.526. The summed E-state index contributed by atoms with van der Waals surface area (Å²) in [6, 6.07) is 0. The minimum Gasteiger partial charge on any atom is -0.382 e. The number of imidazole rings is 1. The van der Waals surface area contributed by atoms with Gasteiger partial charge in [0.05, 0.1) is 18.5 Å². The Morgan fingerprint density at radius 3 is 2.57 bits per heavy atom. The van der Waals surface area contributed by atoms with E-state index in [9.17, 15) is 9.46 Å². The topological polar surface area (TPSA) is 125 Å². The Bertz CT molecular complexity index is 878. The predicted molar refractivity (Wildman–Crippen MR) is 106 cm³/mol. The van der Waals surface area contributed by atoms with E-state index in [4.69, 9.17) is 15.3 Å². The molecule has 2 aromatic rings. The van der Waals surface area contributed by atoms with Crippen LogP contribution in [-0.4, -0.2) is 35.7 Å². The highest BCUT2D eigenvalue weighted by atomic mass is 31.2. The number of aromatic nitrogens is 4. The standard InChI is InChI=1S/C18H30N5O4P/c1-6-13-7-18(13,26-27-28(24,25)15(11(2)3)12(4)5)8-23-10-22-14-16(19)20-9-21-17(14)23/h9-13,15H,6-8H2,1-5H3,(H,24,25)(H2,19,20,21)/t13-,18+/m1/s1. The summed E-state index contributed by atoms with van der Waals surface area (Å²) in [5.41, 5.74) is 5.81. The van der Waals surface area contributed by atoms with Gasteiger partial charge in [0.25, 0.3) is 0 Å². The highest BCUT2D eigenvalue weighted by molar-refractivity contribution is 7.53. The number of rotatable bonds is 9. The molecule has 1 aliphatic rings. The average molecular weight is 411 g/mol. The van der Waals surface area contributed by atoms with E-state index >= 15 is 0 Å². The number of nitrogen functional groups attached to an aromatic ring is 1. The van der Waals surface area contributed by atoms with Gasteiger partial charge in [0, 0.05) is 0 Å². The van der Waals surface area contributed by atoms with E-state index in [1.807, 2.05) is 32.3 Å². The number of hydrogen-bond acceptors (Lipinski definition) is 7. The SMILES string of the molecule is CC[C@@H]1C[C@@]1(Cn1cnc2c(N)ncnc21)OOP(=O)(O)C(C(C)C)C(C)C. The van der Waals surface area contributed by atoms with Crippen molar-refractivity contribution in [2.45, 2.75) is 65.3 Å². The van der Waals surface area contributed by atoms with Gasteiger partial charge in [-0.3, -0.25) is 4.57 Å². The van der Waals surface area contributed by atoms with Crippen LogP contribution in [0.2, 0.25) is 0 Å². The molecule has 3 N–H and O–H groups in total. The first kappa shape index (κ1) is 21.2. The molecule has 9 nitrogen and oxygen atoms in total. The summed E-state index contributed by atoms with van der Waals surface area (Å²) >= 11 is 0. The normalized spacial score (nSPS) is 24.4. The molecule has 1 saturated carbocycles. The first-order chi connectivity index (χ1) is 13.1. The van der Waals surface area contributed by atoms with Crippen molar-refractivity contribution >= 4 is 24.6 Å². The lowest BCUT2D eigenvalue weighted by molar-refractivity contribution is -0.272. The van der Waals surface area contributed by atoms with Crippen LogP contribution in [-0.2, 0) is 20.7 Å². The zero-order chi connectivity index (χ0) is 20.7. The van der Waals surface area contributed by atoms with Crippen molar-refractivity contribution < 1.29 is 19.0 Å². The molecule has 10 heteroatoms. The third-order valence-electron chi connectivity index (χ3n) is 5.59. The molecule has 0 saturated heterocycles.